The summed E-state index contributed by atoms with van der Waals surface area (Å²) in [6.45, 7) is 4.20. The van der Waals surface area contributed by atoms with Gasteiger partial charge in [-0.3, -0.25) is 23.7 Å². The first-order valence-electron chi connectivity index (χ1n) is 16.0. The van der Waals surface area contributed by atoms with Crippen LogP contribution in [0.15, 0.2) is 23.0 Å². The molecule has 2 fully saturated rings. The minimum Gasteiger partial charge on any atom is -0.501 e. The van der Waals surface area contributed by atoms with Crippen LogP contribution in [0.1, 0.15) is 59.5 Å². The van der Waals surface area contributed by atoms with Gasteiger partial charge < -0.3 is 25.1 Å². The van der Waals surface area contributed by atoms with E-state index in [0.717, 1.165) is 0 Å². The number of aromatic nitrogens is 2. The number of sulfonamides is 1. The molecule has 48 heavy (non-hydrogen) atoms. The highest BCUT2D eigenvalue weighted by molar-refractivity contribution is 7.88. The number of rotatable bonds is 7. The van der Waals surface area contributed by atoms with Crippen molar-refractivity contribution in [3.05, 3.63) is 57.0 Å². The lowest BCUT2D eigenvalue weighted by Crippen LogP contribution is -2.55. The maximum absolute atomic E-state index is 14.0. The number of amides is 3. The molecule has 6 rings (SSSR count). The van der Waals surface area contributed by atoms with E-state index >= 15 is 0 Å². The Bertz CT molecular complexity index is 1790. The molecule has 1 aromatic carbocycles. The fourth-order valence-electron chi connectivity index (χ4n) is 7.33. The summed E-state index contributed by atoms with van der Waals surface area (Å²) in [5.41, 5.74) is -2.07. The van der Waals surface area contributed by atoms with Crippen molar-refractivity contribution in [3.63, 3.8) is 0 Å². The topological polar surface area (TPSA) is 165 Å². The molecule has 16 heteroatoms. The quantitative estimate of drug-likeness (QED) is 0.397. The second kappa shape index (κ2) is 13.2. The van der Waals surface area contributed by atoms with Gasteiger partial charge in [0.05, 0.1) is 6.26 Å². The van der Waals surface area contributed by atoms with E-state index in [1.807, 2.05) is 0 Å². The molecule has 3 amide bonds. The van der Waals surface area contributed by atoms with Gasteiger partial charge in [0.2, 0.25) is 15.8 Å². The average molecular weight is 690 g/mol. The summed E-state index contributed by atoms with van der Waals surface area (Å²) in [6, 6.07) is 4.38. The Morgan fingerprint density at radius 3 is 2.35 bits per heavy atom. The molecule has 0 spiro atoms. The van der Waals surface area contributed by atoms with Crippen molar-refractivity contribution in [1.29, 1.82) is 0 Å². The third-order valence-corrected chi connectivity index (χ3v) is 11.5. The van der Waals surface area contributed by atoms with E-state index in [1.165, 1.54) is 58.2 Å². The Morgan fingerprint density at radius 2 is 1.73 bits per heavy atom. The van der Waals surface area contributed by atoms with Crippen LogP contribution in [0, 0.1) is 18.2 Å². The molecule has 2 N–H and O–H groups in total. The molecule has 1 saturated heterocycles. The normalized spacial score (nSPS) is 23.1. The summed E-state index contributed by atoms with van der Waals surface area (Å²) in [7, 11) is 1.09. The van der Waals surface area contributed by atoms with E-state index < -0.39 is 55.7 Å². The lowest BCUT2D eigenvalue weighted by Gasteiger charge is -2.47. The van der Waals surface area contributed by atoms with Crippen LogP contribution in [0.3, 0.4) is 0 Å². The summed E-state index contributed by atoms with van der Waals surface area (Å²) in [4.78, 5) is 63.1. The minimum absolute atomic E-state index is 0.0178. The average Bonchev–Trinajstić information content (AvgIpc) is 3.42. The first-order chi connectivity index (χ1) is 22.5. The molecule has 4 aliphatic rings. The van der Waals surface area contributed by atoms with Crippen LogP contribution in [0.2, 0.25) is 0 Å². The predicted molar refractivity (Wildman–Crippen MR) is 174 cm³/mol. The molecule has 4 heterocycles. The highest BCUT2D eigenvalue weighted by Gasteiger charge is 2.55. The van der Waals surface area contributed by atoms with Crippen LogP contribution < -0.4 is 10.9 Å². The number of carbonyl (C=O) groups excluding carboxylic acids is 3. The molecule has 262 valence electrons. The van der Waals surface area contributed by atoms with Crippen molar-refractivity contribution in [1.82, 2.24) is 33.9 Å². The van der Waals surface area contributed by atoms with Crippen LogP contribution in [0.5, 0.6) is 5.75 Å². The maximum atomic E-state index is 14.0. The zero-order valence-electron chi connectivity index (χ0n) is 28.1. The highest BCUT2D eigenvalue weighted by atomic mass is 32.2. The Hall–Kier alpha value is -3.89. The molecule has 1 saturated carbocycles. The molecule has 1 aliphatic carbocycles. The Labute approximate surface area is 279 Å². The summed E-state index contributed by atoms with van der Waals surface area (Å²) in [6.07, 6.45) is 3.61. The van der Waals surface area contributed by atoms with Crippen molar-refractivity contribution in [3.8, 4) is 5.75 Å². The lowest BCUT2D eigenvalue weighted by atomic mass is 9.67. The third-order valence-electron chi connectivity index (χ3n) is 10.2. The molecule has 2 aromatic rings. The van der Waals surface area contributed by atoms with Gasteiger partial charge in [0.15, 0.2) is 5.69 Å². The number of halogens is 1. The molecule has 0 atom stereocenters. The van der Waals surface area contributed by atoms with Gasteiger partial charge in [-0.1, -0.05) is 12.1 Å². The van der Waals surface area contributed by atoms with Crippen molar-refractivity contribution in [2.45, 2.75) is 57.7 Å². The van der Waals surface area contributed by atoms with E-state index in [1.54, 1.807) is 13.0 Å². The Balaban J connectivity index is 1.52. The van der Waals surface area contributed by atoms with E-state index in [0.29, 0.717) is 76.0 Å². The van der Waals surface area contributed by atoms with Gasteiger partial charge in [-0.25, -0.2) is 22.1 Å². The summed E-state index contributed by atoms with van der Waals surface area (Å²) >= 11 is 0. The van der Waals surface area contributed by atoms with Crippen LogP contribution >= 0.6 is 0 Å². The zero-order valence-corrected chi connectivity index (χ0v) is 28.9. The van der Waals surface area contributed by atoms with Crippen LogP contribution in [0.25, 0.3) is 0 Å². The number of nitrogens with zero attached hydrogens (tertiary/aromatic N) is 6. The summed E-state index contributed by atoms with van der Waals surface area (Å²) < 4.78 is 41.0. The summed E-state index contributed by atoms with van der Waals surface area (Å²) in [5.74, 6) is -3.48. The number of fused-ring (bicyclic) bond motifs is 2. The maximum Gasteiger partial charge on any atom is 0.312 e. The van der Waals surface area contributed by atoms with Crippen LogP contribution in [-0.2, 0) is 38.2 Å². The molecule has 2 bridgehead atoms. The molecular weight excluding hydrogens is 645 g/mol. The molecule has 3 aliphatic heterocycles. The van der Waals surface area contributed by atoms with Crippen molar-refractivity contribution in [2.24, 2.45) is 5.41 Å². The number of aryl methyl sites for hydroxylation is 1. The van der Waals surface area contributed by atoms with Gasteiger partial charge in [0, 0.05) is 65.8 Å². The van der Waals surface area contributed by atoms with Crippen molar-refractivity contribution >= 4 is 27.7 Å². The van der Waals surface area contributed by atoms with Crippen molar-refractivity contribution in [2.75, 3.05) is 60.1 Å². The molecular formula is C32H44FN7O7S. The molecule has 14 nitrogen and oxygen atoms in total. The fraction of sp³-hybridized carbons (Fsp3) is 0.594. The van der Waals surface area contributed by atoms with Gasteiger partial charge in [-0.15, -0.1) is 0 Å². The van der Waals surface area contributed by atoms with Crippen molar-refractivity contribution < 1.29 is 32.3 Å². The number of hydrogen-bond acceptors (Lipinski definition) is 9. The van der Waals surface area contributed by atoms with Gasteiger partial charge in [-0.05, 0) is 62.8 Å². The third kappa shape index (κ3) is 6.69. The van der Waals surface area contributed by atoms with Gasteiger partial charge in [-0.2, -0.15) is 0 Å². The predicted octanol–water partition coefficient (Wildman–Crippen LogP) is 0.610. The minimum atomic E-state index is -3.34. The van der Waals surface area contributed by atoms with E-state index in [-0.39, 0.29) is 24.7 Å². The molecule has 0 unspecified atom stereocenters. The number of hydrogen-bond donors (Lipinski definition) is 2. The SMILES string of the molecule is Cc1cc(CNC(=O)c2nc3n(c(=O)c2O)CC2(CN4CCCN(S(C)(=O)=O)CC4)CCC3(N(C)C(=O)C(=O)N(C)C)CC2)ccc1F. The molecule has 0 radical (unpaired) electrons. The lowest BCUT2D eigenvalue weighted by molar-refractivity contribution is -0.155. The van der Waals surface area contributed by atoms with E-state index in [9.17, 15) is 37.1 Å². The van der Waals surface area contributed by atoms with Gasteiger partial charge in [0.1, 0.15) is 17.2 Å². The number of likely N-dealkylation sites (N-methyl/N-ethyl adjacent to an activating group) is 2. The zero-order chi connectivity index (χ0) is 35.2. The van der Waals surface area contributed by atoms with E-state index in [2.05, 4.69) is 15.2 Å². The number of nitrogens with one attached hydrogen (secondary N) is 1. The first-order valence-corrected chi connectivity index (χ1v) is 17.9. The number of carbonyl (C=O) groups is 3. The number of aromatic hydroxyl groups is 1. The summed E-state index contributed by atoms with van der Waals surface area (Å²) in [5, 5.41) is 13.8. The van der Waals surface area contributed by atoms with Crippen LogP contribution in [0.4, 0.5) is 4.39 Å². The van der Waals surface area contributed by atoms with Crippen LogP contribution in [-0.4, -0.2) is 120 Å². The van der Waals surface area contributed by atoms with Gasteiger partial charge in [0.25, 0.3) is 11.5 Å². The number of benzene rings is 1. The Morgan fingerprint density at radius 1 is 1.04 bits per heavy atom. The first kappa shape index (κ1) is 35.4. The molecule has 1 aromatic heterocycles. The highest BCUT2D eigenvalue weighted by Crippen LogP contribution is 2.52. The largest absolute Gasteiger partial charge is 0.501 e. The van der Waals surface area contributed by atoms with Gasteiger partial charge >= 0.3 is 11.8 Å². The second-order valence-electron chi connectivity index (χ2n) is 13.7. The second-order valence-corrected chi connectivity index (χ2v) is 15.7. The monoisotopic (exact) mass is 689 g/mol. The van der Waals surface area contributed by atoms with E-state index in [4.69, 9.17) is 0 Å². The smallest absolute Gasteiger partial charge is 0.312 e. The Kier molecular flexibility index (Phi) is 9.74. The standard InChI is InChI=1S/C32H44FN7O7S/c1-21-17-22(7-8-23(21)33)18-34-26(42)24-25(41)27(43)40-20-31(19-38-13-6-14-39(16-15-38)48(5,46)47)9-11-32(12-10-31,30(40)35-24)37(4)29(45)28(44)36(2)3/h7-8,17,41H,6,9-16,18-20H2,1-5H3,(H,34,42). The fourth-order valence-corrected chi connectivity index (χ4v) is 8.21.